The van der Waals surface area contributed by atoms with Crippen LogP contribution in [0, 0.1) is 6.92 Å². The van der Waals surface area contributed by atoms with Crippen LogP contribution in [0.4, 0.5) is 0 Å². The van der Waals surface area contributed by atoms with Crippen LogP contribution in [0.1, 0.15) is 29.4 Å². The van der Waals surface area contributed by atoms with Gasteiger partial charge in [0.25, 0.3) is 0 Å². The number of carbonyl (C=O) groups excluding carboxylic acids is 1. The molecule has 0 aliphatic heterocycles. The summed E-state index contributed by atoms with van der Waals surface area (Å²) in [6, 6.07) is -0.442. The van der Waals surface area contributed by atoms with E-state index in [0.717, 1.165) is 0 Å². The molecule has 1 rings (SSSR count). The van der Waals surface area contributed by atoms with Gasteiger partial charge in [0, 0.05) is 0 Å². The molecule has 0 aliphatic rings. The lowest BCUT2D eigenvalue weighted by Crippen LogP contribution is -2.29. The number of hydrogen-bond acceptors (Lipinski definition) is 4. The monoisotopic (exact) mass is 168 g/mol. The highest BCUT2D eigenvalue weighted by Gasteiger charge is 2.18. The number of carbonyl (C=O) groups is 1. The molecule has 1 heterocycles. The van der Waals surface area contributed by atoms with Gasteiger partial charge in [-0.15, -0.1) is 0 Å². The van der Waals surface area contributed by atoms with Crippen LogP contribution in [0.15, 0.2) is 10.8 Å². The van der Waals surface area contributed by atoms with Gasteiger partial charge in [-0.05, 0) is 13.3 Å². The minimum atomic E-state index is -0.442. The molecule has 1 unspecified atom stereocenters. The molecule has 0 spiro atoms. The number of aromatic nitrogens is 1. The number of Topliss-reactive ketones (excluding diaryl/α,β-unsaturated/α-hetero) is 1. The van der Waals surface area contributed by atoms with E-state index in [1.807, 2.05) is 6.92 Å². The van der Waals surface area contributed by atoms with Gasteiger partial charge in [-0.25, -0.2) is 0 Å². The van der Waals surface area contributed by atoms with Crippen LogP contribution in [-0.4, -0.2) is 17.0 Å². The standard InChI is InChI=1S/C8H12N2O2/c1-3-7(9)8(11)6-4-12-10-5(6)2/h4,7H,3,9H2,1-2H3. The lowest BCUT2D eigenvalue weighted by Gasteiger charge is -2.04. The second kappa shape index (κ2) is 3.49. The first-order valence-electron chi connectivity index (χ1n) is 3.87. The van der Waals surface area contributed by atoms with Gasteiger partial charge >= 0.3 is 0 Å². The minimum absolute atomic E-state index is 0.101. The molecule has 12 heavy (non-hydrogen) atoms. The van der Waals surface area contributed by atoms with E-state index in [4.69, 9.17) is 5.73 Å². The van der Waals surface area contributed by atoms with E-state index >= 15 is 0 Å². The fourth-order valence-corrected chi connectivity index (χ4v) is 0.914. The summed E-state index contributed by atoms with van der Waals surface area (Å²) in [7, 11) is 0. The van der Waals surface area contributed by atoms with Gasteiger partial charge in [-0.3, -0.25) is 4.79 Å². The number of rotatable bonds is 3. The summed E-state index contributed by atoms with van der Waals surface area (Å²) in [6.45, 7) is 3.59. The van der Waals surface area contributed by atoms with Gasteiger partial charge in [0.2, 0.25) is 0 Å². The highest BCUT2D eigenvalue weighted by atomic mass is 16.5. The lowest BCUT2D eigenvalue weighted by molar-refractivity contribution is 0.0958. The van der Waals surface area contributed by atoms with Crippen molar-refractivity contribution in [3.8, 4) is 0 Å². The van der Waals surface area contributed by atoms with Crippen LogP contribution >= 0.6 is 0 Å². The van der Waals surface area contributed by atoms with Crippen molar-refractivity contribution >= 4 is 5.78 Å². The van der Waals surface area contributed by atoms with Crippen molar-refractivity contribution in [1.82, 2.24) is 5.16 Å². The summed E-state index contributed by atoms with van der Waals surface area (Å²) < 4.78 is 4.63. The Kier molecular flexibility index (Phi) is 2.60. The van der Waals surface area contributed by atoms with Crippen molar-refractivity contribution in [3.05, 3.63) is 17.5 Å². The zero-order valence-corrected chi connectivity index (χ0v) is 7.20. The minimum Gasteiger partial charge on any atom is -0.364 e. The second-order valence-corrected chi connectivity index (χ2v) is 2.69. The molecular weight excluding hydrogens is 156 g/mol. The molecule has 0 amide bonds. The maximum Gasteiger partial charge on any atom is 0.184 e. The highest BCUT2D eigenvalue weighted by molar-refractivity contribution is 6.00. The van der Waals surface area contributed by atoms with Crippen LogP contribution in [0.3, 0.4) is 0 Å². The third-order valence-corrected chi connectivity index (χ3v) is 1.79. The zero-order chi connectivity index (χ0) is 9.14. The summed E-state index contributed by atoms with van der Waals surface area (Å²) in [5, 5.41) is 3.60. The van der Waals surface area contributed by atoms with Crippen molar-refractivity contribution in [2.75, 3.05) is 0 Å². The molecule has 1 atom stereocenters. The SMILES string of the molecule is CCC(N)C(=O)c1conc1C. The number of hydrogen-bond donors (Lipinski definition) is 1. The lowest BCUT2D eigenvalue weighted by atomic mass is 10.0. The first kappa shape index (κ1) is 8.93. The second-order valence-electron chi connectivity index (χ2n) is 2.69. The predicted octanol–water partition coefficient (Wildman–Crippen LogP) is 0.903. The van der Waals surface area contributed by atoms with Crippen molar-refractivity contribution < 1.29 is 9.32 Å². The molecule has 0 saturated carbocycles. The average molecular weight is 168 g/mol. The van der Waals surface area contributed by atoms with E-state index in [0.29, 0.717) is 17.7 Å². The topological polar surface area (TPSA) is 69.1 Å². The van der Waals surface area contributed by atoms with Gasteiger partial charge in [0.1, 0.15) is 6.26 Å². The number of nitrogens with zero attached hydrogens (tertiary/aromatic N) is 1. The molecule has 4 heteroatoms. The molecule has 0 bridgehead atoms. The normalized spacial score (nSPS) is 12.9. The fraction of sp³-hybridized carbons (Fsp3) is 0.500. The maximum absolute atomic E-state index is 11.4. The summed E-state index contributed by atoms with van der Waals surface area (Å²) in [6.07, 6.45) is 1.97. The van der Waals surface area contributed by atoms with E-state index in [1.54, 1.807) is 6.92 Å². The first-order chi connectivity index (χ1) is 5.66. The molecular formula is C8H12N2O2. The van der Waals surface area contributed by atoms with E-state index in [9.17, 15) is 4.79 Å². The van der Waals surface area contributed by atoms with Crippen molar-refractivity contribution in [2.24, 2.45) is 5.73 Å². The molecule has 0 saturated heterocycles. The fourth-order valence-electron chi connectivity index (χ4n) is 0.914. The Balaban J connectivity index is 2.85. The molecule has 2 N–H and O–H groups in total. The molecule has 1 aromatic rings. The summed E-state index contributed by atoms with van der Waals surface area (Å²) in [5.41, 5.74) is 6.65. The van der Waals surface area contributed by atoms with Gasteiger partial charge in [-0.2, -0.15) is 0 Å². The Bertz CT molecular complexity index is 280. The molecule has 0 aromatic carbocycles. The smallest absolute Gasteiger partial charge is 0.184 e. The summed E-state index contributed by atoms with van der Waals surface area (Å²) in [5.74, 6) is -0.101. The number of ketones is 1. The highest BCUT2D eigenvalue weighted by Crippen LogP contribution is 2.08. The Labute approximate surface area is 70.7 Å². The van der Waals surface area contributed by atoms with Gasteiger partial charge in [0.05, 0.1) is 17.3 Å². The largest absolute Gasteiger partial charge is 0.364 e. The molecule has 1 aromatic heterocycles. The van der Waals surface area contributed by atoms with E-state index in [-0.39, 0.29) is 5.78 Å². The maximum atomic E-state index is 11.4. The average Bonchev–Trinajstić information content (AvgIpc) is 2.48. The van der Waals surface area contributed by atoms with Crippen LogP contribution < -0.4 is 5.73 Å². The Morgan fingerprint density at radius 3 is 2.92 bits per heavy atom. The molecule has 0 aliphatic carbocycles. The zero-order valence-electron chi connectivity index (χ0n) is 7.20. The molecule has 66 valence electrons. The van der Waals surface area contributed by atoms with Crippen molar-refractivity contribution in [1.29, 1.82) is 0 Å². The number of aryl methyl sites for hydroxylation is 1. The van der Waals surface area contributed by atoms with Crippen LogP contribution in [0.2, 0.25) is 0 Å². The Hall–Kier alpha value is -1.16. The van der Waals surface area contributed by atoms with Gasteiger partial charge < -0.3 is 10.3 Å². The first-order valence-corrected chi connectivity index (χ1v) is 3.87. The third-order valence-electron chi connectivity index (χ3n) is 1.79. The van der Waals surface area contributed by atoms with Gasteiger partial charge in [0.15, 0.2) is 5.78 Å². The Morgan fingerprint density at radius 1 is 1.83 bits per heavy atom. The predicted molar refractivity (Wildman–Crippen MR) is 43.8 cm³/mol. The van der Waals surface area contributed by atoms with E-state index in [2.05, 4.69) is 9.68 Å². The molecule has 4 nitrogen and oxygen atoms in total. The van der Waals surface area contributed by atoms with Crippen LogP contribution in [0.5, 0.6) is 0 Å². The van der Waals surface area contributed by atoms with E-state index in [1.165, 1.54) is 6.26 Å². The third kappa shape index (κ3) is 1.53. The van der Waals surface area contributed by atoms with Crippen molar-refractivity contribution in [2.45, 2.75) is 26.3 Å². The van der Waals surface area contributed by atoms with Crippen LogP contribution in [-0.2, 0) is 0 Å². The van der Waals surface area contributed by atoms with Crippen molar-refractivity contribution in [3.63, 3.8) is 0 Å². The summed E-state index contributed by atoms with van der Waals surface area (Å²) >= 11 is 0. The summed E-state index contributed by atoms with van der Waals surface area (Å²) in [4.78, 5) is 11.4. The quantitative estimate of drug-likeness (QED) is 0.681. The Morgan fingerprint density at radius 2 is 2.50 bits per heavy atom. The van der Waals surface area contributed by atoms with Gasteiger partial charge in [-0.1, -0.05) is 12.1 Å². The van der Waals surface area contributed by atoms with Crippen LogP contribution in [0.25, 0.3) is 0 Å². The molecule has 0 fully saturated rings. The van der Waals surface area contributed by atoms with E-state index < -0.39 is 6.04 Å². The molecule has 0 radical (unpaired) electrons. The number of nitrogens with two attached hydrogens (primary N) is 1.